The monoisotopic (exact) mass is 284 g/mol. The summed E-state index contributed by atoms with van der Waals surface area (Å²) in [4.78, 5) is 3.85. The van der Waals surface area contributed by atoms with E-state index in [-0.39, 0.29) is 0 Å². The number of hydrogen-bond donors (Lipinski definition) is 1. The molecule has 6 nitrogen and oxygen atoms in total. The predicted octanol–water partition coefficient (Wildman–Crippen LogP) is 1.76. The molecule has 21 heavy (non-hydrogen) atoms. The van der Waals surface area contributed by atoms with Crippen LogP contribution in [0.3, 0.4) is 0 Å². The molecule has 2 aromatic heterocycles. The lowest BCUT2D eigenvalue weighted by Gasteiger charge is -2.20. The second-order valence-corrected chi connectivity index (χ2v) is 5.21. The van der Waals surface area contributed by atoms with E-state index in [1.807, 2.05) is 30.3 Å². The zero-order valence-corrected chi connectivity index (χ0v) is 11.7. The zero-order valence-electron chi connectivity index (χ0n) is 11.7. The number of nitrogens with zero attached hydrogens (tertiary/aromatic N) is 4. The minimum atomic E-state index is -1.07. The fraction of sp³-hybridized carbons (Fsp3) is 0.267. The van der Waals surface area contributed by atoms with E-state index in [2.05, 4.69) is 15.3 Å². The first-order chi connectivity index (χ1) is 10.1. The van der Waals surface area contributed by atoms with Gasteiger partial charge in [-0.25, -0.2) is 9.67 Å². The maximum atomic E-state index is 10.6. The topological polar surface area (TPSA) is 77.0 Å². The Kier molecular flexibility index (Phi) is 3.53. The molecule has 6 heteroatoms. The number of benzene rings is 1. The first kappa shape index (κ1) is 13.5. The molecule has 1 atom stereocenters. The van der Waals surface area contributed by atoms with Crippen molar-refractivity contribution in [1.82, 2.24) is 20.0 Å². The summed E-state index contributed by atoms with van der Waals surface area (Å²) in [5.74, 6) is 0.689. The molecule has 0 saturated carbocycles. The molecule has 3 aromatic rings. The molecule has 0 aliphatic heterocycles. The van der Waals surface area contributed by atoms with Crippen LogP contribution < -0.4 is 0 Å². The highest BCUT2D eigenvalue weighted by Gasteiger charge is 2.27. The largest absolute Gasteiger partial charge is 0.447 e. The van der Waals surface area contributed by atoms with Crippen LogP contribution in [-0.4, -0.2) is 25.1 Å². The number of hydrogen-bond acceptors (Lipinski definition) is 5. The number of aliphatic hydroxyl groups is 1. The molecule has 0 aliphatic carbocycles. The van der Waals surface area contributed by atoms with Crippen molar-refractivity contribution < 1.29 is 9.52 Å². The molecule has 108 valence electrons. The molecule has 0 saturated heterocycles. The lowest BCUT2D eigenvalue weighted by atomic mass is 9.94. The van der Waals surface area contributed by atoms with Crippen LogP contribution in [0.25, 0.3) is 0 Å². The fourth-order valence-electron chi connectivity index (χ4n) is 2.19. The van der Waals surface area contributed by atoms with Gasteiger partial charge < -0.3 is 9.52 Å². The van der Waals surface area contributed by atoms with Crippen molar-refractivity contribution in [3.8, 4) is 0 Å². The van der Waals surface area contributed by atoms with Crippen LogP contribution in [0.2, 0.25) is 0 Å². The maximum Gasteiger partial charge on any atom is 0.180 e. The molecule has 1 unspecified atom stereocenters. The first-order valence-corrected chi connectivity index (χ1v) is 6.68. The fourth-order valence-corrected chi connectivity index (χ4v) is 2.19. The minimum absolute atomic E-state index is 0.439. The minimum Gasteiger partial charge on any atom is -0.447 e. The van der Waals surface area contributed by atoms with Gasteiger partial charge in [-0.15, -0.1) is 5.10 Å². The van der Waals surface area contributed by atoms with Crippen molar-refractivity contribution >= 4 is 0 Å². The van der Waals surface area contributed by atoms with Gasteiger partial charge in [-0.1, -0.05) is 35.5 Å². The van der Waals surface area contributed by atoms with Gasteiger partial charge in [-0.05, 0) is 12.5 Å². The molecular weight excluding hydrogens is 268 g/mol. The Hall–Kier alpha value is -2.47. The Balaban J connectivity index is 1.75. The van der Waals surface area contributed by atoms with E-state index < -0.39 is 5.60 Å². The van der Waals surface area contributed by atoms with Gasteiger partial charge in [0.15, 0.2) is 6.39 Å². The van der Waals surface area contributed by atoms with Gasteiger partial charge in [0.1, 0.15) is 23.6 Å². The van der Waals surface area contributed by atoms with Crippen molar-refractivity contribution in [2.45, 2.75) is 25.5 Å². The quantitative estimate of drug-likeness (QED) is 0.772. The average molecular weight is 284 g/mol. The van der Waals surface area contributed by atoms with E-state index >= 15 is 0 Å². The van der Waals surface area contributed by atoms with Crippen molar-refractivity contribution in [2.75, 3.05) is 0 Å². The molecule has 3 rings (SSSR count). The van der Waals surface area contributed by atoms with Crippen LogP contribution in [0, 0.1) is 0 Å². The van der Waals surface area contributed by atoms with Crippen molar-refractivity contribution in [3.05, 3.63) is 66.1 Å². The molecule has 0 aliphatic rings. The summed E-state index contributed by atoms with van der Waals surface area (Å²) >= 11 is 0. The highest BCUT2D eigenvalue weighted by atomic mass is 16.3. The average Bonchev–Trinajstić information content (AvgIpc) is 3.12. The summed E-state index contributed by atoms with van der Waals surface area (Å²) in [6.07, 6.45) is 5.21. The lowest BCUT2D eigenvalue weighted by molar-refractivity contribution is 0.0529. The van der Waals surface area contributed by atoms with Crippen LogP contribution in [0.4, 0.5) is 0 Å². The Morgan fingerprint density at radius 1 is 1.29 bits per heavy atom. The van der Waals surface area contributed by atoms with Crippen molar-refractivity contribution in [1.29, 1.82) is 0 Å². The Bertz CT molecular complexity index is 690. The van der Waals surface area contributed by atoms with Gasteiger partial charge in [0.05, 0.1) is 12.4 Å². The van der Waals surface area contributed by atoms with Crippen LogP contribution >= 0.6 is 0 Å². The van der Waals surface area contributed by atoms with E-state index in [1.165, 1.54) is 6.39 Å². The molecule has 0 spiro atoms. The molecule has 0 amide bonds. The van der Waals surface area contributed by atoms with E-state index in [4.69, 9.17) is 4.42 Å². The van der Waals surface area contributed by atoms with Crippen LogP contribution in [0.5, 0.6) is 0 Å². The SMILES string of the molecule is CC(O)(Cc1ccccc1)c1cn(Cc2cnco2)nn1. The van der Waals surface area contributed by atoms with Crippen molar-refractivity contribution in [3.63, 3.8) is 0 Å². The molecule has 1 aromatic carbocycles. The molecule has 0 fully saturated rings. The molecule has 0 radical (unpaired) electrons. The summed E-state index contributed by atoms with van der Waals surface area (Å²) in [5.41, 5.74) is 0.513. The zero-order chi connectivity index (χ0) is 14.7. The third-order valence-electron chi connectivity index (χ3n) is 3.28. The second-order valence-electron chi connectivity index (χ2n) is 5.21. The molecular formula is C15H16N4O2. The van der Waals surface area contributed by atoms with E-state index in [0.29, 0.717) is 24.4 Å². The van der Waals surface area contributed by atoms with Gasteiger partial charge in [-0.3, -0.25) is 0 Å². The van der Waals surface area contributed by atoms with Crippen LogP contribution in [0.15, 0.2) is 53.5 Å². The maximum absolute atomic E-state index is 10.6. The molecule has 0 bridgehead atoms. The van der Waals surface area contributed by atoms with Gasteiger partial charge in [0.25, 0.3) is 0 Å². The van der Waals surface area contributed by atoms with E-state index in [0.717, 1.165) is 5.56 Å². The summed E-state index contributed by atoms with van der Waals surface area (Å²) in [5, 5.41) is 18.7. The normalized spacial score (nSPS) is 14.0. The molecule has 2 heterocycles. The predicted molar refractivity (Wildman–Crippen MR) is 75.3 cm³/mol. The highest BCUT2D eigenvalue weighted by molar-refractivity contribution is 5.20. The molecule has 1 N–H and O–H groups in total. The first-order valence-electron chi connectivity index (χ1n) is 6.68. The van der Waals surface area contributed by atoms with Crippen LogP contribution in [-0.2, 0) is 18.6 Å². The van der Waals surface area contributed by atoms with Gasteiger partial charge in [0.2, 0.25) is 0 Å². The van der Waals surface area contributed by atoms with Gasteiger partial charge in [-0.2, -0.15) is 0 Å². The summed E-state index contributed by atoms with van der Waals surface area (Å²) < 4.78 is 6.79. The van der Waals surface area contributed by atoms with E-state index in [1.54, 1.807) is 24.0 Å². The summed E-state index contributed by atoms with van der Waals surface area (Å²) in [6.45, 7) is 2.18. The standard InChI is InChI=1S/C15H16N4O2/c1-15(20,7-12-5-3-2-4-6-12)14-10-19(18-17-14)9-13-8-16-11-21-13/h2-6,8,10-11,20H,7,9H2,1H3. The highest BCUT2D eigenvalue weighted by Crippen LogP contribution is 2.23. The van der Waals surface area contributed by atoms with Gasteiger partial charge in [0, 0.05) is 6.42 Å². The number of aromatic nitrogens is 4. The smallest absolute Gasteiger partial charge is 0.180 e. The summed E-state index contributed by atoms with van der Waals surface area (Å²) in [6, 6.07) is 9.81. The Morgan fingerprint density at radius 3 is 2.81 bits per heavy atom. The number of rotatable bonds is 5. The number of oxazole rings is 1. The van der Waals surface area contributed by atoms with E-state index in [9.17, 15) is 5.11 Å². The third-order valence-corrected chi connectivity index (χ3v) is 3.28. The Morgan fingerprint density at radius 2 is 2.10 bits per heavy atom. The second kappa shape index (κ2) is 5.49. The van der Waals surface area contributed by atoms with Gasteiger partial charge >= 0.3 is 0 Å². The summed E-state index contributed by atoms with van der Waals surface area (Å²) in [7, 11) is 0. The van der Waals surface area contributed by atoms with Crippen LogP contribution in [0.1, 0.15) is 23.9 Å². The Labute approximate surface area is 122 Å². The third kappa shape index (κ3) is 3.17. The lowest BCUT2D eigenvalue weighted by Crippen LogP contribution is -2.24. The van der Waals surface area contributed by atoms with Crippen molar-refractivity contribution in [2.24, 2.45) is 0 Å².